The summed E-state index contributed by atoms with van der Waals surface area (Å²) in [5, 5.41) is 10.0. The van der Waals surface area contributed by atoms with Crippen molar-refractivity contribution in [2.75, 3.05) is 52.5 Å². The number of hydrogen-bond donors (Lipinski definition) is 1. The fourth-order valence-electron chi connectivity index (χ4n) is 6.81. The molecule has 0 bridgehead atoms. The first kappa shape index (κ1) is 24.3. The fraction of sp³-hybridized carbons (Fsp3) is 0.586. The molecular weight excluding hydrogens is 470 g/mol. The van der Waals surface area contributed by atoms with E-state index in [0.717, 1.165) is 52.4 Å². The van der Waals surface area contributed by atoms with Gasteiger partial charge in [0.05, 0.1) is 13.2 Å². The summed E-state index contributed by atoms with van der Waals surface area (Å²) in [5.74, 6) is -0.0293. The van der Waals surface area contributed by atoms with Crippen LogP contribution in [0.1, 0.15) is 45.4 Å². The minimum atomic E-state index is -0.908. The standard InChI is InChI=1S/C29H37N3O3S/c1-19-8-9-22-24(19)23-18-32(12-11-31-10-5-14-35-15-13-31)17-21-16-30-28(29(33)34)36-27(21)26(23)25(22)20-6-3-2-4-7-20/h8-9,18,20,24H,2-7,10-17H2,1H3,(H,33,34). The molecule has 3 heterocycles. The molecule has 6 nitrogen and oxygen atoms in total. The lowest BCUT2D eigenvalue weighted by Crippen LogP contribution is -2.35. The van der Waals surface area contributed by atoms with Crippen molar-refractivity contribution in [1.29, 1.82) is 0 Å². The summed E-state index contributed by atoms with van der Waals surface area (Å²) in [6, 6.07) is 0. The van der Waals surface area contributed by atoms with Crippen molar-refractivity contribution < 1.29 is 14.6 Å². The van der Waals surface area contributed by atoms with E-state index in [9.17, 15) is 9.90 Å². The van der Waals surface area contributed by atoms with Gasteiger partial charge in [0.15, 0.2) is 5.04 Å². The lowest BCUT2D eigenvalue weighted by molar-refractivity contribution is -0.129. The van der Waals surface area contributed by atoms with E-state index >= 15 is 0 Å². The van der Waals surface area contributed by atoms with Gasteiger partial charge in [0.25, 0.3) is 0 Å². The summed E-state index contributed by atoms with van der Waals surface area (Å²) in [5.41, 5.74) is 8.40. The van der Waals surface area contributed by atoms with E-state index in [1.54, 1.807) is 0 Å². The van der Waals surface area contributed by atoms with Crippen LogP contribution in [-0.2, 0) is 9.53 Å². The van der Waals surface area contributed by atoms with Crippen molar-refractivity contribution >= 4 is 22.8 Å². The van der Waals surface area contributed by atoms with Crippen molar-refractivity contribution in [2.24, 2.45) is 16.8 Å². The Morgan fingerprint density at radius 3 is 2.81 bits per heavy atom. The largest absolute Gasteiger partial charge is 0.476 e. The number of fused-ring (bicyclic) bond motifs is 4. The van der Waals surface area contributed by atoms with Crippen LogP contribution in [0.2, 0.25) is 0 Å². The van der Waals surface area contributed by atoms with E-state index in [0.29, 0.717) is 18.4 Å². The van der Waals surface area contributed by atoms with Gasteiger partial charge in [-0.15, -0.1) is 0 Å². The van der Waals surface area contributed by atoms with Crippen LogP contribution < -0.4 is 0 Å². The second-order valence-corrected chi connectivity index (χ2v) is 11.9. The molecule has 2 fully saturated rings. The van der Waals surface area contributed by atoms with E-state index in [1.807, 2.05) is 0 Å². The van der Waals surface area contributed by atoms with E-state index in [4.69, 9.17) is 4.74 Å². The average Bonchev–Trinajstić information content (AvgIpc) is 3.21. The number of allylic oxidation sites excluding steroid dienone is 7. The maximum Gasteiger partial charge on any atom is 0.361 e. The molecule has 0 aromatic carbocycles. The molecule has 192 valence electrons. The molecule has 0 spiro atoms. The molecule has 1 N–H and O–H groups in total. The molecule has 36 heavy (non-hydrogen) atoms. The Morgan fingerprint density at radius 1 is 1.11 bits per heavy atom. The van der Waals surface area contributed by atoms with Crippen LogP contribution in [0.25, 0.3) is 0 Å². The highest BCUT2D eigenvalue weighted by atomic mass is 32.2. The molecule has 1 atom stereocenters. The molecule has 7 heteroatoms. The normalized spacial score (nSPS) is 27.5. The number of aliphatic imine (C=N–C) groups is 1. The summed E-state index contributed by atoms with van der Waals surface area (Å²) >= 11 is 1.40. The van der Waals surface area contributed by atoms with Crippen LogP contribution in [0.15, 0.2) is 61.7 Å². The van der Waals surface area contributed by atoms with E-state index in [1.165, 1.54) is 82.2 Å². The molecule has 6 rings (SSSR count). The van der Waals surface area contributed by atoms with Crippen molar-refractivity contribution in [3.8, 4) is 0 Å². The number of carboxylic acid groups (broad SMARTS) is 1. The Hall–Kier alpha value is -2.09. The lowest BCUT2D eigenvalue weighted by atomic mass is 9.80. The summed E-state index contributed by atoms with van der Waals surface area (Å²) in [7, 11) is 0. The van der Waals surface area contributed by atoms with Gasteiger partial charge < -0.3 is 14.7 Å². The average molecular weight is 508 g/mol. The first-order chi connectivity index (χ1) is 17.6. The summed E-state index contributed by atoms with van der Waals surface area (Å²) in [6.07, 6.45) is 14.6. The zero-order chi connectivity index (χ0) is 24.6. The number of ether oxygens (including phenoxy) is 1. The number of thioether (sulfide) groups is 1. The minimum Gasteiger partial charge on any atom is -0.476 e. The monoisotopic (exact) mass is 507 g/mol. The molecular formula is C29H37N3O3S. The zero-order valence-corrected chi connectivity index (χ0v) is 22.1. The Morgan fingerprint density at radius 2 is 1.97 bits per heavy atom. The number of hydrogen-bond acceptors (Lipinski definition) is 6. The van der Waals surface area contributed by atoms with Crippen LogP contribution in [0.3, 0.4) is 0 Å². The van der Waals surface area contributed by atoms with E-state index in [-0.39, 0.29) is 5.04 Å². The third-order valence-corrected chi connectivity index (χ3v) is 9.76. The Kier molecular flexibility index (Phi) is 6.97. The van der Waals surface area contributed by atoms with Gasteiger partial charge >= 0.3 is 5.97 Å². The second-order valence-electron chi connectivity index (χ2n) is 10.9. The van der Waals surface area contributed by atoms with Crippen LogP contribution in [0.5, 0.6) is 0 Å². The Balaban J connectivity index is 1.40. The third-order valence-electron chi connectivity index (χ3n) is 8.56. The summed E-state index contributed by atoms with van der Waals surface area (Å²) in [6.45, 7) is 9.31. The molecule has 0 radical (unpaired) electrons. The molecule has 0 aromatic heterocycles. The summed E-state index contributed by atoms with van der Waals surface area (Å²) in [4.78, 5) is 22.6. The highest BCUT2D eigenvalue weighted by Crippen LogP contribution is 2.57. The highest BCUT2D eigenvalue weighted by molar-refractivity contribution is 8.19. The number of carbonyl (C=O) groups is 1. The van der Waals surface area contributed by atoms with Gasteiger partial charge in [0.2, 0.25) is 0 Å². The predicted molar refractivity (Wildman–Crippen MR) is 145 cm³/mol. The maximum atomic E-state index is 12.0. The fourth-order valence-corrected chi connectivity index (χ4v) is 7.82. The van der Waals surface area contributed by atoms with Crippen molar-refractivity contribution in [1.82, 2.24) is 9.80 Å². The van der Waals surface area contributed by atoms with Crippen molar-refractivity contribution in [2.45, 2.75) is 45.4 Å². The van der Waals surface area contributed by atoms with Crippen LogP contribution in [-0.4, -0.2) is 78.4 Å². The van der Waals surface area contributed by atoms with Gasteiger partial charge in [-0.2, -0.15) is 0 Å². The predicted octanol–water partition coefficient (Wildman–Crippen LogP) is 4.79. The van der Waals surface area contributed by atoms with Gasteiger partial charge in [-0.1, -0.05) is 48.7 Å². The van der Waals surface area contributed by atoms with E-state index in [2.05, 4.69) is 40.1 Å². The van der Waals surface area contributed by atoms with E-state index < -0.39 is 5.97 Å². The van der Waals surface area contributed by atoms with Gasteiger partial charge in [-0.3, -0.25) is 9.89 Å². The minimum absolute atomic E-state index is 0.236. The maximum absolute atomic E-state index is 12.0. The molecule has 0 amide bonds. The lowest BCUT2D eigenvalue weighted by Gasteiger charge is -2.28. The smallest absolute Gasteiger partial charge is 0.361 e. The first-order valence-electron chi connectivity index (χ1n) is 13.7. The molecule has 6 aliphatic rings. The Bertz CT molecular complexity index is 1110. The van der Waals surface area contributed by atoms with Gasteiger partial charge in [0.1, 0.15) is 0 Å². The quantitative estimate of drug-likeness (QED) is 0.578. The third kappa shape index (κ3) is 4.54. The summed E-state index contributed by atoms with van der Waals surface area (Å²) < 4.78 is 5.66. The number of carboxylic acids is 1. The topological polar surface area (TPSA) is 65.4 Å². The molecule has 3 aliphatic heterocycles. The van der Waals surface area contributed by atoms with Gasteiger partial charge in [-0.25, -0.2) is 4.79 Å². The van der Waals surface area contributed by atoms with Crippen molar-refractivity contribution in [3.05, 3.63) is 56.7 Å². The number of aliphatic carboxylic acids is 1. The van der Waals surface area contributed by atoms with Crippen LogP contribution in [0, 0.1) is 11.8 Å². The molecule has 3 aliphatic carbocycles. The molecule has 1 unspecified atom stereocenters. The zero-order valence-electron chi connectivity index (χ0n) is 21.3. The van der Waals surface area contributed by atoms with Crippen LogP contribution >= 0.6 is 11.8 Å². The van der Waals surface area contributed by atoms with Gasteiger partial charge in [-0.05, 0) is 60.0 Å². The Labute approximate surface area is 218 Å². The molecule has 1 saturated heterocycles. The van der Waals surface area contributed by atoms with Crippen molar-refractivity contribution in [3.63, 3.8) is 0 Å². The molecule has 0 aromatic rings. The number of nitrogens with zero attached hydrogens (tertiary/aromatic N) is 3. The SMILES string of the molecule is CC1=CC=C2C(C3CCCCC3)=C3C(=CN(CCN4CCCOCC4)CC4=C3SC(C(=O)O)=NC4)C12. The molecule has 1 saturated carbocycles. The second kappa shape index (κ2) is 10.3. The first-order valence-corrected chi connectivity index (χ1v) is 14.5. The van der Waals surface area contributed by atoms with Crippen LogP contribution in [0.4, 0.5) is 0 Å². The van der Waals surface area contributed by atoms with Gasteiger partial charge in [0, 0.05) is 56.4 Å². The number of rotatable bonds is 5. The highest BCUT2D eigenvalue weighted by Gasteiger charge is 2.44.